The van der Waals surface area contributed by atoms with Crippen LogP contribution < -0.4 is 4.74 Å². The summed E-state index contributed by atoms with van der Waals surface area (Å²) in [6.07, 6.45) is 4.35. The molecule has 2 rings (SSSR count). The van der Waals surface area contributed by atoms with Crippen molar-refractivity contribution in [3.8, 4) is 5.75 Å². The normalized spacial score (nSPS) is 25.2. The number of esters is 1. The Morgan fingerprint density at radius 3 is 2.54 bits per heavy atom. The molecule has 0 N–H and O–H groups in total. The van der Waals surface area contributed by atoms with Gasteiger partial charge in [-0.25, -0.2) is 4.79 Å². The molecule has 0 unspecified atom stereocenters. The summed E-state index contributed by atoms with van der Waals surface area (Å²) in [4.78, 5) is 36.9. The number of benzene rings is 1. The van der Waals surface area contributed by atoms with Crippen LogP contribution in [0, 0.1) is 11.8 Å². The molecule has 1 heterocycles. The summed E-state index contributed by atoms with van der Waals surface area (Å²) < 4.78 is 10.8. The lowest BCUT2D eigenvalue weighted by Crippen LogP contribution is -2.26. The number of fused-ring (bicyclic) bond motifs is 1. The zero-order valence-electron chi connectivity index (χ0n) is 15.8. The van der Waals surface area contributed by atoms with Crippen LogP contribution in [0.2, 0.25) is 0 Å². The van der Waals surface area contributed by atoms with Crippen molar-refractivity contribution in [3.63, 3.8) is 0 Å². The Hall–Kier alpha value is -2.43. The van der Waals surface area contributed by atoms with Crippen LogP contribution in [0.15, 0.2) is 24.3 Å². The molecule has 0 spiro atoms. The second-order valence-electron chi connectivity index (χ2n) is 6.91. The van der Waals surface area contributed by atoms with E-state index in [0.717, 1.165) is 0 Å². The summed E-state index contributed by atoms with van der Waals surface area (Å²) in [6.45, 7) is 5.48. The van der Waals surface area contributed by atoms with E-state index in [1.807, 2.05) is 13.8 Å². The second-order valence-corrected chi connectivity index (χ2v) is 6.91. The van der Waals surface area contributed by atoms with E-state index in [2.05, 4.69) is 0 Å². The zero-order valence-corrected chi connectivity index (χ0v) is 15.8. The number of rotatable bonds is 1. The first-order valence-corrected chi connectivity index (χ1v) is 8.96. The van der Waals surface area contributed by atoms with Crippen molar-refractivity contribution in [3.05, 3.63) is 35.4 Å². The smallest absolute Gasteiger partial charge is 0.339 e. The van der Waals surface area contributed by atoms with Gasteiger partial charge in [-0.3, -0.25) is 9.59 Å². The lowest BCUT2D eigenvalue weighted by atomic mass is 9.92. The van der Waals surface area contributed by atoms with Gasteiger partial charge in [-0.15, -0.1) is 0 Å². The Morgan fingerprint density at radius 2 is 1.85 bits per heavy atom. The number of ketones is 2. The van der Waals surface area contributed by atoms with Crippen molar-refractivity contribution >= 4 is 23.6 Å². The quantitative estimate of drug-likeness (QED) is 0.563. The van der Waals surface area contributed by atoms with Gasteiger partial charge in [-0.05, 0) is 49.4 Å². The Balaban J connectivity index is 2.39. The fourth-order valence-corrected chi connectivity index (χ4v) is 2.84. The molecular weight excluding hydrogens is 332 g/mol. The van der Waals surface area contributed by atoms with Gasteiger partial charge in [0.1, 0.15) is 11.9 Å². The van der Waals surface area contributed by atoms with Gasteiger partial charge in [0, 0.05) is 12.3 Å². The van der Waals surface area contributed by atoms with Crippen molar-refractivity contribution in [1.29, 1.82) is 0 Å². The molecule has 1 aliphatic heterocycles. The van der Waals surface area contributed by atoms with Crippen molar-refractivity contribution in [2.75, 3.05) is 7.11 Å². The Bertz CT molecular complexity index is 719. The summed E-state index contributed by atoms with van der Waals surface area (Å²) in [5.41, 5.74) is 1.12. The van der Waals surface area contributed by atoms with Crippen LogP contribution >= 0.6 is 0 Å². The largest absolute Gasteiger partial charge is 0.497 e. The summed E-state index contributed by atoms with van der Waals surface area (Å²) >= 11 is 0. The van der Waals surface area contributed by atoms with E-state index >= 15 is 0 Å². The first kappa shape index (κ1) is 19.9. The highest BCUT2D eigenvalue weighted by atomic mass is 16.5. The lowest BCUT2D eigenvalue weighted by Gasteiger charge is -2.21. The van der Waals surface area contributed by atoms with E-state index in [4.69, 9.17) is 9.47 Å². The molecule has 26 heavy (non-hydrogen) atoms. The number of hydrogen-bond donors (Lipinski definition) is 0. The Morgan fingerprint density at radius 1 is 1.12 bits per heavy atom. The average molecular weight is 358 g/mol. The third-order valence-corrected chi connectivity index (χ3v) is 4.91. The SMILES string of the molecule is COc1ccc2c(c1)C=CC[C@H](C)C(=O)C(=O)CC[C@@H](C)[C@H](C)OC2=O. The van der Waals surface area contributed by atoms with Gasteiger partial charge in [0.15, 0.2) is 5.78 Å². The number of carbonyl (C=O) groups is 3. The van der Waals surface area contributed by atoms with Gasteiger partial charge in [0.05, 0.1) is 12.7 Å². The minimum atomic E-state index is -0.404. The van der Waals surface area contributed by atoms with Gasteiger partial charge in [0.25, 0.3) is 0 Å². The lowest BCUT2D eigenvalue weighted by molar-refractivity contribution is -0.138. The molecule has 1 aliphatic rings. The molecule has 0 saturated heterocycles. The molecule has 3 atom stereocenters. The molecule has 0 aromatic heterocycles. The maximum atomic E-state index is 12.6. The average Bonchev–Trinajstić information content (AvgIpc) is 2.63. The predicted molar refractivity (Wildman–Crippen MR) is 99.1 cm³/mol. The monoisotopic (exact) mass is 358 g/mol. The standard InChI is InChI=1S/C21H26O5/c1-13-8-11-19(22)20(23)14(2)6-5-7-16-12-17(25-4)9-10-18(16)21(24)26-15(13)3/h5,7,9-10,12-15H,6,8,11H2,1-4H3/t13-,14+,15+/m1/s1. The summed E-state index contributed by atoms with van der Waals surface area (Å²) in [7, 11) is 1.56. The van der Waals surface area contributed by atoms with E-state index in [1.165, 1.54) is 0 Å². The number of hydrogen-bond acceptors (Lipinski definition) is 5. The number of carbonyl (C=O) groups excluding carboxylic acids is 3. The maximum absolute atomic E-state index is 12.6. The summed E-state index contributed by atoms with van der Waals surface area (Å²) in [5, 5.41) is 0. The summed E-state index contributed by atoms with van der Waals surface area (Å²) in [5.74, 6) is -0.867. The number of allylic oxidation sites excluding steroid dienone is 1. The third kappa shape index (κ3) is 4.81. The molecular formula is C21H26O5. The van der Waals surface area contributed by atoms with Crippen molar-refractivity contribution in [2.45, 2.75) is 46.1 Å². The van der Waals surface area contributed by atoms with Gasteiger partial charge in [-0.1, -0.05) is 26.0 Å². The van der Waals surface area contributed by atoms with E-state index < -0.39 is 5.97 Å². The van der Waals surface area contributed by atoms with Gasteiger partial charge in [-0.2, -0.15) is 0 Å². The van der Waals surface area contributed by atoms with Crippen LogP contribution in [0.5, 0.6) is 5.75 Å². The first-order chi connectivity index (χ1) is 12.3. The fourth-order valence-electron chi connectivity index (χ4n) is 2.84. The number of ether oxygens (including phenoxy) is 2. The molecule has 0 radical (unpaired) electrons. The number of cyclic esters (lactones) is 1. The van der Waals surface area contributed by atoms with Gasteiger partial charge >= 0.3 is 5.97 Å². The van der Waals surface area contributed by atoms with Crippen LogP contribution in [-0.4, -0.2) is 30.7 Å². The number of Topliss-reactive ketones (excluding diaryl/α,β-unsaturated/α-hetero) is 2. The van der Waals surface area contributed by atoms with Crippen molar-refractivity contribution < 1.29 is 23.9 Å². The molecule has 0 saturated carbocycles. The molecule has 5 nitrogen and oxygen atoms in total. The van der Waals surface area contributed by atoms with E-state index in [-0.39, 0.29) is 35.9 Å². The number of methoxy groups -OCH3 is 1. The molecule has 1 aromatic rings. The molecule has 0 bridgehead atoms. The van der Waals surface area contributed by atoms with E-state index in [1.54, 1.807) is 44.4 Å². The van der Waals surface area contributed by atoms with Crippen LogP contribution in [0.1, 0.15) is 56.0 Å². The van der Waals surface area contributed by atoms with Crippen molar-refractivity contribution in [2.24, 2.45) is 11.8 Å². The zero-order chi connectivity index (χ0) is 19.3. The molecule has 0 fully saturated rings. The van der Waals surface area contributed by atoms with Crippen LogP contribution in [0.4, 0.5) is 0 Å². The predicted octanol–water partition coefficient (Wildman–Crippen LogP) is 3.85. The van der Waals surface area contributed by atoms with Crippen LogP contribution in [0.3, 0.4) is 0 Å². The highest BCUT2D eigenvalue weighted by Gasteiger charge is 2.24. The van der Waals surface area contributed by atoms with E-state index in [9.17, 15) is 14.4 Å². The van der Waals surface area contributed by atoms with Crippen molar-refractivity contribution in [1.82, 2.24) is 0 Å². The van der Waals surface area contributed by atoms with Crippen LogP contribution in [0.25, 0.3) is 6.08 Å². The van der Waals surface area contributed by atoms with E-state index in [0.29, 0.717) is 29.7 Å². The molecule has 1 aromatic carbocycles. The molecule has 5 heteroatoms. The van der Waals surface area contributed by atoms with Crippen LogP contribution in [-0.2, 0) is 14.3 Å². The third-order valence-electron chi connectivity index (χ3n) is 4.91. The fraction of sp³-hybridized carbons (Fsp3) is 0.476. The Labute approximate surface area is 154 Å². The molecule has 0 aliphatic carbocycles. The highest BCUT2D eigenvalue weighted by Crippen LogP contribution is 2.23. The van der Waals surface area contributed by atoms with Gasteiger partial charge in [0.2, 0.25) is 5.78 Å². The maximum Gasteiger partial charge on any atom is 0.339 e. The van der Waals surface area contributed by atoms with Gasteiger partial charge < -0.3 is 9.47 Å². The Kier molecular flexibility index (Phi) is 6.72. The molecule has 140 valence electrons. The second kappa shape index (κ2) is 8.79. The highest BCUT2D eigenvalue weighted by molar-refractivity contribution is 6.37. The molecule has 0 amide bonds. The summed E-state index contributed by atoms with van der Waals surface area (Å²) in [6, 6.07) is 5.16. The topological polar surface area (TPSA) is 69.7 Å². The minimum Gasteiger partial charge on any atom is -0.497 e. The minimum absolute atomic E-state index is 0.0220. The first-order valence-electron chi connectivity index (χ1n) is 8.96.